The van der Waals surface area contributed by atoms with Crippen LogP contribution in [0.2, 0.25) is 0 Å². The second-order valence-electron chi connectivity index (χ2n) is 5.89. The molecule has 3 aromatic carbocycles. The third kappa shape index (κ3) is 4.63. The molecule has 0 aliphatic rings. The smallest absolute Gasteiger partial charge is 0.293 e. The van der Waals surface area contributed by atoms with E-state index in [1.165, 1.54) is 24.3 Å². The van der Waals surface area contributed by atoms with Gasteiger partial charge >= 0.3 is 0 Å². The molecule has 0 fully saturated rings. The largest absolute Gasteiger partial charge is 0.375 e. The van der Waals surface area contributed by atoms with Gasteiger partial charge in [-0.1, -0.05) is 30.3 Å². The van der Waals surface area contributed by atoms with Crippen molar-refractivity contribution in [1.29, 1.82) is 0 Å². The molecule has 2 N–H and O–H groups in total. The summed E-state index contributed by atoms with van der Waals surface area (Å²) in [5.74, 6) is -0.379. The molecular weight excluding hydrogens is 385 g/mol. The summed E-state index contributed by atoms with van der Waals surface area (Å²) in [6.45, 7) is 0.218. The summed E-state index contributed by atoms with van der Waals surface area (Å²) in [6.07, 6.45) is 0. The Balaban J connectivity index is 1.84. The van der Waals surface area contributed by atoms with Gasteiger partial charge in [-0.3, -0.25) is 14.8 Å². The minimum atomic E-state index is -3.98. The minimum absolute atomic E-state index is 0.160. The van der Waals surface area contributed by atoms with Crippen LogP contribution in [0, 0.1) is 15.9 Å². The van der Waals surface area contributed by atoms with Crippen LogP contribution < -0.4 is 10.0 Å². The highest BCUT2D eigenvalue weighted by Crippen LogP contribution is 2.29. The molecule has 144 valence electrons. The highest BCUT2D eigenvalue weighted by atomic mass is 32.2. The molecule has 0 saturated carbocycles. The zero-order chi connectivity index (χ0) is 20.1. The van der Waals surface area contributed by atoms with E-state index in [0.29, 0.717) is 5.69 Å². The fraction of sp³-hybridized carbons (Fsp3) is 0.0526. The fourth-order valence-corrected chi connectivity index (χ4v) is 3.58. The van der Waals surface area contributed by atoms with Crippen molar-refractivity contribution in [3.8, 4) is 0 Å². The Kier molecular flexibility index (Phi) is 5.55. The van der Waals surface area contributed by atoms with Crippen LogP contribution in [0.3, 0.4) is 0 Å². The molecule has 0 aliphatic carbocycles. The molecule has 0 aliphatic heterocycles. The van der Waals surface area contributed by atoms with Crippen molar-refractivity contribution in [3.05, 3.63) is 94.3 Å². The topological polar surface area (TPSA) is 101 Å². The summed E-state index contributed by atoms with van der Waals surface area (Å²) in [5.41, 5.74) is 0.854. The molecule has 0 atom stereocenters. The molecule has 0 aromatic heterocycles. The molecule has 0 amide bonds. The van der Waals surface area contributed by atoms with Crippen LogP contribution in [-0.4, -0.2) is 13.3 Å². The van der Waals surface area contributed by atoms with E-state index in [4.69, 9.17) is 0 Å². The normalized spacial score (nSPS) is 11.0. The Bertz CT molecular complexity index is 1090. The van der Waals surface area contributed by atoms with E-state index in [-0.39, 0.29) is 28.6 Å². The number of anilines is 2. The number of nitrogens with one attached hydrogen (secondary N) is 2. The van der Waals surface area contributed by atoms with Crippen molar-refractivity contribution in [2.45, 2.75) is 11.4 Å². The first kappa shape index (κ1) is 19.3. The van der Waals surface area contributed by atoms with Crippen molar-refractivity contribution in [2.75, 3.05) is 10.0 Å². The Hall–Kier alpha value is -3.46. The number of para-hydroxylation sites is 1. The standard InChI is InChI=1S/C19H16FN3O4S/c20-15-8-6-14(7-9-15)13-21-18-11-10-17(12-19(18)23(24)25)28(26,27)22-16-4-2-1-3-5-16/h1-12,21-22H,13H2. The number of nitro benzene ring substituents is 1. The summed E-state index contributed by atoms with van der Waals surface area (Å²) in [6, 6.07) is 17.5. The summed E-state index contributed by atoms with van der Waals surface area (Å²) < 4.78 is 40.4. The van der Waals surface area contributed by atoms with Crippen molar-refractivity contribution in [1.82, 2.24) is 0 Å². The summed E-state index contributed by atoms with van der Waals surface area (Å²) in [7, 11) is -3.98. The van der Waals surface area contributed by atoms with Gasteiger partial charge in [-0.15, -0.1) is 0 Å². The average molecular weight is 401 g/mol. The maximum Gasteiger partial charge on any atom is 0.293 e. The van der Waals surface area contributed by atoms with E-state index in [0.717, 1.165) is 11.6 Å². The lowest BCUT2D eigenvalue weighted by atomic mass is 10.2. The number of halogens is 1. The van der Waals surface area contributed by atoms with Gasteiger partial charge in [0.05, 0.1) is 9.82 Å². The lowest BCUT2D eigenvalue weighted by Gasteiger charge is -2.11. The molecule has 7 nitrogen and oxygen atoms in total. The van der Waals surface area contributed by atoms with Gasteiger partial charge in [-0.2, -0.15) is 0 Å². The summed E-state index contributed by atoms with van der Waals surface area (Å²) >= 11 is 0. The SMILES string of the molecule is O=[N+]([O-])c1cc(S(=O)(=O)Nc2ccccc2)ccc1NCc1ccc(F)cc1. The lowest BCUT2D eigenvalue weighted by Crippen LogP contribution is -2.13. The van der Waals surface area contributed by atoms with E-state index in [1.807, 2.05) is 0 Å². The number of hydrogen-bond acceptors (Lipinski definition) is 5. The summed E-state index contributed by atoms with van der Waals surface area (Å²) in [4.78, 5) is 10.5. The summed E-state index contributed by atoms with van der Waals surface area (Å²) in [5, 5.41) is 14.3. The molecule has 0 radical (unpaired) electrons. The van der Waals surface area contributed by atoms with Crippen molar-refractivity contribution in [2.24, 2.45) is 0 Å². The van der Waals surface area contributed by atoms with Crippen molar-refractivity contribution in [3.63, 3.8) is 0 Å². The van der Waals surface area contributed by atoms with Gasteiger partial charge in [0.1, 0.15) is 11.5 Å². The quantitative estimate of drug-likeness (QED) is 0.458. The number of hydrogen-bond donors (Lipinski definition) is 2. The van der Waals surface area contributed by atoms with Crippen molar-refractivity contribution >= 4 is 27.1 Å². The van der Waals surface area contributed by atoms with Crippen LogP contribution in [0.15, 0.2) is 77.7 Å². The molecule has 0 heterocycles. The number of nitrogens with zero attached hydrogens (tertiary/aromatic N) is 1. The van der Waals surface area contributed by atoms with Crippen molar-refractivity contribution < 1.29 is 17.7 Å². The van der Waals surface area contributed by atoms with Crippen LogP contribution in [0.4, 0.5) is 21.5 Å². The van der Waals surface area contributed by atoms with Crippen LogP contribution in [0.5, 0.6) is 0 Å². The van der Waals surface area contributed by atoms with Crippen LogP contribution in [0.1, 0.15) is 5.56 Å². The second-order valence-corrected chi connectivity index (χ2v) is 7.57. The number of nitro groups is 1. The first-order valence-electron chi connectivity index (χ1n) is 8.20. The third-order valence-electron chi connectivity index (χ3n) is 3.90. The van der Waals surface area contributed by atoms with Gasteiger partial charge in [0.25, 0.3) is 15.7 Å². The maximum absolute atomic E-state index is 13.0. The first-order valence-corrected chi connectivity index (χ1v) is 9.68. The second kappa shape index (κ2) is 8.05. The molecular formula is C19H16FN3O4S. The number of sulfonamides is 1. The third-order valence-corrected chi connectivity index (χ3v) is 5.28. The van der Waals surface area contributed by atoms with Crippen LogP contribution in [0.25, 0.3) is 0 Å². The predicted octanol–water partition coefficient (Wildman–Crippen LogP) is 4.15. The van der Waals surface area contributed by atoms with Gasteiger partial charge < -0.3 is 5.32 Å². The van der Waals surface area contributed by atoms with Crippen LogP contribution >= 0.6 is 0 Å². The number of rotatable bonds is 7. The molecule has 0 spiro atoms. The Morgan fingerprint density at radius 2 is 1.64 bits per heavy atom. The van der Waals surface area contributed by atoms with Crippen LogP contribution in [-0.2, 0) is 16.6 Å². The minimum Gasteiger partial charge on any atom is -0.375 e. The predicted molar refractivity (Wildman–Crippen MR) is 104 cm³/mol. The zero-order valence-corrected chi connectivity index (χ0v) is 15.3. The molecule has 0 saturated heterocycles. The highest BCUT2D eigenvalue weighted by molar-refractivity contribution is 7.92. The molecule has 9 heteroatoms. The molecule has 0 unspecified atom stereocenters. The first-order chi connectivity index (χ1) is 13.3. The van der Waals surface area contributed by atoms with E-state index >= 15 is 0 Å². The van der Waals surface area contributed by atoms with Gasteiger partial charge in [0.15, 0.2) is 0 Å². The monoisotopic (exact) mass is 401 g/mol. The molecule has 3 rings (SSSR count). The van der Waals surface area contributed by atoms with E-state index < -0.39 is 14.9 Å². The highest BCUT2D eigenvalue weighted by Gasteiger charge is 2.21. The lowest BCUT2D eigenvalue weighted by molar-refractivity contribution is -0.384. The zero-order valence-electron chi connectivity index (χ0n) is 14.5. The number of benzene rings is 3. The molecule has 28 heavy (non-hydrogen) atoms. The van der Waals surface area contributed by atoms with Gasteiger partial charge in [0.2, 0.25) is 0 Å². The molecule has 3 aromatic rings. The van der Waals surface area contributed by atoms with E-state index in [2.05, 4.69) is 10.0 Å². The maximum atomic E-state index is 13.0. The average Bonchev–Trinajstić information content (AvgIpc) is 2.68. The van der Waals surface area contributed by atoms with E-state index in [9.17, 15) is 22.9 Å². The fourth-order valence-electron chi connectivity index (χ4n) is 2.50. The van der Waals surface area contributed by atoms with Gasteiger partial charge in [-0.05, 0) is 42.0 Å². The van der Waals surface area contributed by atoms with E-state index in [1.54, 1.807) is 42.5 Å². The Morgan fingerprint density at radius 1 is 0.964 bits per heavy atom. The van der Waals surface area contributed by atoms with Gasteiger partial charge in [-0.25, -0.2) is 12.8 Å². The Morgan fingerprint density at radius 3 is 2.29 bits per heavy atom. The van der Waals surface area contributed by atoms with Gasteiger partial charge in [0, 0.05) is 18.3 Å². The molecule has 0 bridgehead atoms. The Labute approximate surface area is 161 Å².